The van der Waals surface area contributed by atoms with Crippen LogP contribution in [0.5, 0.6) is 0 Å². The highest BCUT2D eigenvalue weighted by Crippen LogP contribution is 2.50. The number of fused-ring (bicyclic) bond motifs is 1. The van der Waals surface area contributed by atoms with Crippen LogP contribution in [0.4, 0.5) is 8.78 Å². The molecular weight excluding hydrogens is 364 g/mol. The van der Waals surface area contributed by atoms with Gasteiger partial charge in [-0.25, -0.2) is 9.87 Å². The van der Waals surface area contributed by atoms with Crippen molar-refractivity contribution in [1.29, 1.82) is 0 Å². The first-order valence-electron chi connectivity index (χ1n) is 9.19. The van der Waals surface area contributed by atoms with E-state index in [1.165, 1.54) is 10.7 Å². The summed E-state index contributed by atoms with van der Waals surface area (Å²) in [4.78, 5) is 12.7. The number of aromatic nitrogens is 2. The topological polar surface area (TPSA) is 67.2 Å². The maximum atomic E-state index is 14.2. The molecule has 1 aromatic heterocycles. The zero-order valence-corrected chi connectivity index (χ0v) is 15.7. The van der Waals surface area contributed by atoms with Gasteiger partial charge in [-0.15, -0.1) is 5.10 Å². The Kier molecular flexibility index (Phi) is 4.42. The summed E-state index contributed by atoms with van der Waals surface area (Å²) in [6, 6.07) is 10.1. The van der Waals surface area contributed by atoms with E-state index >= 15 is 0 Å². The lowest BCUT2D eigenvalue weighted by atomic mass is 9.75. The number of carbonyl (C=O) groups is 1. The zero-order chi connectivity index (χ0) is 20.1. The molecule has 2 aromatic carbocycles. The SMILES string of the molecule is Cc1c(F)cccc1[C@]1(C(=O)NO)CC[C@H](c2ccc3c(F)nn(C)c3c2)C1. The number of hydrogen-bond donors (Lipinski definition) is 2. The van der Waals surface area contributed by atoms with E-state index in [4.69, 9.17) is 0 Å². The molecule has 0 unspecified atom stereocenters. The molecular formula is C21H21F2N3O2. The lowest BCUT2D eigenvalue weighted by Gasteiger charge is -2.29. The predicted octanol–water partition coefficient (Wildman–Crippen LogP) is 3.87. The number of benzene rings is 2. The molecule has 4 rings (SSSR count). The lowest BCUT2D eigenvalue weighted by molar-refractivity contribution is -0.135. The molecule has 28 heavy (non-hydrogen) atoms. The Bertz CT molecular complexity index is 1080. The number of rotatable bonds is 3. The molecule has 1 saturated carbocycles. The van der Waals surface area contributed by atoms with Crippen molar-refractivity contribution in [2.45, 2.75) is 37.5 Å². The molecule has 1 aliphatic rings. The Balaban J connectivity index is 1.76. The van der Waals surface area contributed by atoms with Gasteiger partial charge < -0.3 is 0 Å². The van der Waals surface area contributed by atoms with Crippen molar-refractivity contribution in [3.63, 3.8) is 0 Å². The Morgan fingerprint density at radius 1 is 1.32 bits per heavy atom. The Labute approximate surface area is 160 Å². The Hall–Kier alpha value is -2.80. The quantitative estimate of drug-likeness (QED) is 0.531. The second kappa shape index (κ2) is 6.67. The van der Waals surface area contributed by atoms with Gasteiger partial charge >= 0.3 is 0 Å². The van der Waals surface area contributed by atoms with Crippen molar-refractivity contribution in [3.8, 4) is 0 Å². The third kappa shape index (κ3) is 2.69. The molecule has 5 nitrogen and oxygen atoms in total. The van der Waals surface area contributed by atoms with Gasteiger partial charge in [-0.2, -0.15) is 4.39 Å². The molecule has 0 aliphatic heterocycles. The number of aryl methyl sites for hydroxylation is 1. The van der Waals surface area contributed by atoms with Crippen molar-refractivity contribution in [1.82, 2.24) is 15.3 Å². The second-order valence-electron chi connectivity index (χ2n) is 7.57. The molecule has 7 heteroatoms. The molecule has 0 saturated heterocycles. The highest BCUT2D eigenvalue weighted by atomic mass is 19.1. The average Bonchev–Trinajstić information content (AvgIpc) is 3.26. The fourth-order valence-corrected chi connectivity index (χ4v) is 4.62. The summed E-state index contributed by atoms with van der Waals surface area (Å²) in [5, 5.41) is 13.6. The van der Waals surface area contributed by atoms with E-state index in [0.29, 0.717) is 41.3 Å². The first-order chi connectivity index (χ1) is 13.4. The van der Waals surface area contributed by atoms with Crippen LogP contribution in [0.25, 0.3) is 10.9 Å². The standard InChI is InChI=1S/C21H21F2N3O2/c1-12-16(4-3-5-17(12)22)21(20(27)25-28)9-8-14(11-21)13-6-7-15-18(10-13)26(2)24-19(15)23/h3-7,10,14,28H,8-9,11H2,1-2H3,(H,25,27)/t14-,21-/m0/s1. The van der Waals surface area contributed by atoms with Crippen LogP contribution in [-0.2, 0) is 17.3 Å². The minimum Gasteiger partial charge on any atom is -0.289 e. The largest absolute Gasteiger partial charge is 0.289 e. The van der Waals surface area contributed by atoms with Gasteiger partial charge in [0.2, 0.25) is 5.95 Å². The number of hydroxylamine groups is 1. The van der Waals surface area contributed by atoms with Crippen LogP contribution in [0, 0.1) is 18.7 Å². The van der Waals surface area contributed by atoms with E-state index in [1.54, 1.807) is 37.7 Å². The molecule has 1 aliphatic carbocycles. The van der Waals surface area contributed by atoms with Crippen LogP contribution in [0.15, 0.2) is 36.4 Å². The zero-order valence-electron chi connectivity index (χ0n) is 15.7. The monoisotopic (exact) mass is 385 g/mol. The number of nitrogens with zero attached hydrogens (tertiary/aromatic N) is 2. The third-order valence-corrected chi connectivity index (χ3v) is 6.14. The van der Waals surface area contributed by atoms with E-state index in [2.05, 4.69) is 5.10 Å². The molecule has 0 radical (unpaired) electrons. The van der Waals surface area contributed by atoms with Gasteiger partial charge in [-0.05, 0) is 67.0 Å². The van der Waals surface area contributed by atoms with Crippen LogP contribution in [0.2, 0.25) is 0 Å². The molecule has 2 N–H and O–H groups in total. The fourth-order valence-electron chi connectivity index (χ4n) is 4.62. The van der Waals surface area contributed by atoms with Crippen LogP contribution < -0.4 is 5.48 Å². The van der Waals surface area contributed by atoms with Crippen LogP contribution in [-0.4, -0.2) is 20.9 Å². The van der Waals surface area contributed by atoms with E-state index in [9.17, 15) is 18.8 Å². The Morgan fingerprint density at radius 2 is 2.11 bits per heavy atom. The number of halogens is 2. The number of hydrogen-bond acceptors (Lipinski definition) is 3. The van der Waals surface area contributed by atoms with E-state index in [1.807, 2.05) is 12.1 Å². The third-order valence-electron chi connectivity index (χ3n) is 6.14. The van der Waals surface area contributed by atoms with Gasteiger partial charge in [0.25, 0.3) is 5.91 Å². The molecule has 3 aromatic rings. The van der Waals surface area contributed by atoms with Crippen LogP contribution >= 0.6 is 0 Å². The van der Waals surface area contributed by atoms with Crippen molar-refractivity contribution in [3.05, 3.63) is 64.9 Å². The summed E-state index contributed by atoms with van der Waals surface area (Å²) in [6.07, 6.45) is 1.59. The number of nitrogens with one attached hydrogen (secondary N) is 1. The average molecular weight is 385 g/mol. The van der Waals surface area contributed by atoms with Crippen LogP contribution in [0.1, 0.15) is 41.9 Å². The normalized spacial score (nSPS) is 22.0. The lowest BCUT2D eigenvalue weighted by Crippen LogP contribution is -2.42. The number of amides is 1. The van der Waals surface area contributed by atoms with Crippen molar-refractivity contribution >= 4 is 16.8 Å². The molecule has 0 spiro atoms. The first kappa shape index (κ1) is 18.6. The summed E-state index contributed by atoms with van der Waals surface area (Å²) in [5.74, 6) is -1.41. The van der Waals surface area contributed by atoms with E-state index in [-0.39, 0.29) is 11.7 Å². The molecule has 0 bridgehead atoms. The maximum absolute atomic E-state index is 14.2. The molecule has 1 heterocycles. The smallest absolute Gasteiger partial charge is 0.254 e. The van der Waals surface area contributed by atoms with Gasteiger partial charge in [-0.3, -0.25) is 14.7 Å². The van der Waals surface area contributed by atoms with E-state index < -0.39 is 17.3 Å². The maximum Gasteiger partial charge on any atom is 0.254 e. The summed E-state index contributed by atoms with van der Waals surface area (Å²) < 4.78 is 29.5. The van der Waals surface area contributed by atoms with Gasteiger partial charge in [-0.1, -0.05) is 18.2 Å². The number of carbonyl (C=O) groups excluding carboxylic acids is 1. The summed E-state index contributed by atoms with van der Waals surface area (Å²) >= 11 is 0. The van der Waals surface area contributed by atoms with Crippen LogP contribution in [0.3, 0.4) is 0 Å². The van der Waals surface area contributed by atoms with Gasteiger partial charge in [0, 0.05) is 7.05 Å². The minimum atomic E-state index is -1.02. The second-order valence-corrected chi connectivity index (χ2v) is 7.57. The Morgan fingerprint density at radius 3 is 2.86 bits per heavy atom. The van der Waals surface area contributed by atoms with Crippen molar-refractivity contribution < 1.29 is 18.8 Å². The first-order valence-corrected chi connectivity index (χ1v) is 9.19. The van der Waals surface area contributed by atoms with Gasteiger partial charge in [0.1, 0.15) is 5.82 Å². The highest BCUT2D eigenvalue weighted by molar-refractivity contribution is 5.88. The van der Waals surface area contributed by atoms with Gasteiger partial charge in [0.15, 0.2) is 0 Å². The predicted molar refractivity (Wildman–Crippen MR) is 100 cm³/mol. The van der Waals surface area contributed by atoms with Crippen molar-refractivity contribution in [2.75, 3.05) is 0 Å². The molecule has 2 atom stereocenters. The van der Waals surface area contributed by atoms with E-state index in [0.717, 1.165) is 5.56 Å². The van der Waals surface area contributed by atoms with Crippen molar-refractivity contribution in [2.24, 2.45) is 7.05 Å². The molecule has 1 fully saturated rings. The molecule has 1 amide bonds. The highest BCUT2D eigenvalue weighted by Gasteiger charge is 2.48. The summed E-state index contributed by atoms with van der Waals surface area (Å²) in [7, 11) is 1.68. The fraction of sp³-hybridized carbons (Fsp3) is 0.333. The summed E-state index contributed by atoms with van der Waals surface area (Å²) in [6.45, 7) is 1.65. The molecule has 146 valence electrons. The van der Waals surface area contributed by atoms with Gasteiger partial charge in [0.05, 0.1) is 16.3 Å². The minimum absolute atomic E-state index is 0.0160. The summed E-state index contributed by atoms with van der Waals surface area (Å²) in [5.41, 5.74) is 3.42.